The maximum Gasteiger partial charge on any atom is 0.0696 e. The Labute approximate surface area is 61.9 Å². The third-order valence-corrected chi connectivity index (χ3v) is 3.13. The molecule has 1 saturated carbocycles. The standard InChI is InChI=1S/C8H16O2/c1-7(2)6(9)4-5-8(7,3)10/h6,9-10H,4-5H2,1-3H3/t6-,8-/m1/s1. The van der Waals surface area contributed by atoms with E-state index in [4.69, 9.17) is 0 Å². The second-order valence-electron chi connectivity index (χ2n) is 4.05. The van der Waals surface area contributed by atoms with E-state index >= 15 is 0 Å². The minimum Gasteiger partial charge on any atom is -0.392 e. The molecule has 0 radical (unpaired) electrons. The zero-order chi connectivity index (χ0) is 7.99. The normalized spacial score (nSPS) is 45.9. The van der Waals surface area contributed by atoms with Gasteiger partial charge in [-0.05, 0) is 19.8 Å². The molecule has 1 aliphatic rings. The van der Waals surface area contributed by atoms with E-state index in [-0.39, 0.29) is 11.5 Å². The van der Waals surface area contributed by atoms with Gasteiger partial charge < -0.3 is 10.2 Å². The topological polar surface area (TPSA) is 40.5 Å². The zero-order valence-electron chi connectivity index (χ0n) is 6.89. The highest BCUT2D eigenvalue weighted by Gasteiger charge is 2.49. The summed E-state index contributed by atoms with van der Waals surface area (Å²) in [7, 11) is 0. The van der Waals surface area contributed by atoms with Gasteiger partial charge in [0.25, 0.3) is 0 Å². The van der Waals surface area contributed by atoms with E-state index in [9.17, 15) is 10.2 Å². The molecule has 0 unspecified atom stereocenters. The third-order valence-electron chi connectivity index (χ3n) is 3.13. The van der Waals surface area contributed by atoms with Crippen molar-refractivity contribution in [3.05, 3.63) is 0 Å². The van der Waals surface area contributed by atoms with Crippen LogP contribution in [0.5, 0.6) is 0 Å². The maximum atomic E-state index is 9.73. The van der Waals surface area contributed by atoms with Crippen LogP contribution in [0.3, 0.4) is 0 Å². The number of hydrogen-bond acceptors (Lipinski definition) is 2. The van der Waals surface area contributed by atoms with E-state index in [2.05, 4.69) is 0 Å². The highest BCUT2D eigenvalue weighted by molar-refractivity contribution is 5.00. The molecular weight excluding hydrogens is 128 g/mol. The van der Waals surface area contributed by atoms with Gasteiger partial charge in [0.2, 0.25) is 0 Å². The minimum atomic E-state index is -0.688. The average Bonchev–Trinajstić information content (AvgIpc) is 1.94. The van der Waals surface area contributed by atoms with Gasteiger partial charge in [-0.3, -0.25) is 0 Å². The molecule has 0 aromatic heterocycles. The molecule has 2 atom stereocenters. The molecule has 2 N–H and O–H groups in total. The summed E-state index contributed by atoms with van der Waals surface area (Å²) in [4.78, 5) is 0. The average molecular weight is 144 g/mol. The molecule has 0 saturated heterocycles. The molecule has 1 fully saturated rings. The Bertz CT molecular complexity index is 138. The molecule has 0 aromatic rings. The summed E-state index contributed by atoms with van der Waals surface area (Å²) < 4.78 is 0. The quantitative estimate of drug-likeness (QED) is 0.530. The fourth-order valence-corrected chi connectivity index (χ4v) is 1.46. The number of hydrogen-bond donors (Lipinski definition) is 2. The van der Waals surface area contributed by atoms with Crippen molar-refractivity contribution >= 4 is 0 Å². The van der Waals surface area contributed by atoms with Crippen molar-refractivity contribution in [2.45, 2.75) is 45.3 Å². The van der Waals surface area contributed by atoms with E-state index in [1.54, 1.807) is 6.92 Å². The lowest BCUT2D eigenvalue weighted by molar-refractivity contribution is -0.0673. The second kappa shape index (κ2) is 1.95. The van der Waals surface area contributed by atoms with Crippen LogP contribution in [-0.4, -0.2) is 21.9 Å². The Kier molecular flexibility index (Phi) is 1.57. The van der Waals surface area contributed by atoms with E-state index in [1.807, 2.05) is 13.8 Å². The van der Waals surface area contributed by atoms with Gasteiger partial charge in [-0.1, -0.05) is 13.8 Å². The molecule has 60 valence electrons. The summed E-state index contributed by atoms with van der Waals surface area (Å²) in [5.74, 6) is 0. The van der Waals surface area contributed by atoms with Gasteiger partial charge in [-0.15, -0.1) is 0 Å². The second-order valence-corrected chi connectivity index (χ2v) is 4.05. The first-order valence-electron chi connectivity index (χ1n) is 3.78. The monoisotopic (exact) mass is 144 g/mol. The van der Waals surface area contributed by atoms with Crippen LogP contribution in [0.15, 0.2) is 0 Å². The van der Waals surface area contributed by atoms with Crippen molar-refractivity contribution < 1.29 is 10.2 Å². The molecule has 1 aliphatic carbocycles. The molecular formula is C8H16O2. The number of aliphatic hydroxyl groups is 2. The van der Waals surface area contributed by atoms with Crippen LogP contribution in [-0.2, 0) is 0 Å². The predicted molar refractivity (Wildman–Crippen MR) is 39.6 cm³/mol. The first kappa shape index (κ1) is 8.02. The van der Waals surface area contributed by atoms with Crippen molar-refractivity contribution in [1.29, 1.82) is 0 Å². The molecule has 0 heterocycles. The Morgan fingerprint density at radius 2 is 1.80 bits per heavy atom. The first-order valence-corrected chi connectivity index (χ1v) is 3.78. The number of aliphatic hydroxyl groups excluding tert-OH is 1. The van der Waals surface area contributed by atoms with Crippen molar-refractivity contribution in [1.82, 2.24) is 0 Å². The Hall–Kier alpha value is -0.0800. The van der Waals surface area contributed by atoms with E-state index < -0.39 is 5.60 Å². The molecule has 0 bridgehead atoms. The fourth-order valence-electron chi connectivity index (χ4n) is 1.46. The van der Waals surface area contributed by atoms with E-state index in [0.29, 0.717) is 6.42 Å². The maximum absolute atomic E-state index is 9.73. The van der Waals surface area contributed by atoms with Crippen LogP contribution < -0.4 is 0 Å². The van der Waals surface area contributed by atoms with Crippen molar-refractivity contribution in [2.24, 2.45) is 5.41 Å². The van der Waals surface area contributed by atoms with Crippen LogP contribution in [0.2, 0.25) is 0 Å². The highest BCUT2D eigenvalue weighted by Crippen LogP contribution is 2.45. The summed E-state index contributed by atoms with van der Waals surface area (Å²) in [6, 6.07) is 0. The van der Waals surface area contributed by atoms with Crippen molar-refractivity contribution in [3.63, 3.8) is 0 Å². The lowest BCUT2D eigenvalue weighted by atomic mass is 9.78. The third kappa shape index (κ3) is 0.867. The summed E-state index contributed by atoms with van der Waals surface area (Å²) in [5.41, 5.74) is -1.03. The van der Waals surface area contributed by atoms with Crippen LogP contribution in [0.25, 0.3) is 0 Å². The largest absolute Gasteiger partial charge is 0.392 e. The molecule has 2 heteroatoms. The van der Waals surface area contributed by atoms with Gasteiger partial charge in [0.1, 0.15) is 0 Å². The van der Waals surface area contributed by atoms with Crippen LogP contribution in [0, 0.1) is 5.41 Å². The summed E-state index contributed by atoms with van der Waals surface area (Å²) in [6.45, 7) is 5.61. The summed E-state index contributed by atoms with van der Waals surface area (Å²) in [5, 5.41) is 19.2. The van der Waals surface area contributed by atoms with Crippen molar-refractivity contribution in [3.8, 4) is 0 Å². The number of rotatable bonds is 0. The Balaban J connectivity index is 2.84. The van der Waals surface area contributed by atoms with Crippen LogP contribution in [0.4, 0.5) is 0 Å². The predicted octanol–water partition coefficient (Wildman–Crippen LogP) is 0.918. The Morgan fingerprint density at radius 3 is 1.90 bits per heavy atom. The van der Waals surface area contributed by atoms with Gasteiger partial charge in [-0.2, -0.15) is 0 Å². The smallest absolute Gasteiger partial charge is 0.0696 e. The SMILES string of the molecule is CC1(C)[C@H](O)CC[C@@]1(C)O. The van der Waals surface area contributed by atoms with Crippen LogP contribution in [0.1, 0.15) is 33.6 Å². The zero-order valence-corrected chi connectivity index (χ0v) is 6.89. The molecule has 0 amide bonds. The van der Waals surface area contributed by atoms with Gasteiger partial charge in [0, 0.05) is 5.41 Å². The van der Waals surface area contributed by atoms with Gasteiger partial charge in [-0.25, -0.2) is 0 Å². The summed E-state index contributed by atoms with van der Waals surface area (Å²) in [6.07, 6.45) is 1.09. The van der Waals surface area contributed by atoms with Gasteiger partial charge in [0.05, 0.1) is 11.7 Å². The highest BCUT2D eigenvalue weighted by atomic mass is 16.3. The lowest BCUT2D eigenvalue weighted by Crippen LogP contribution is -2.42. The molecule has 10 heavy (non-hydrogen) atoms. The molecule has 1 rings (SSSR count). The van der Waals surface area contributed by atoms with Crippen LogP contribution >= 0.6 is 0 Å². The van der Waals surface area contributed by atoms with Gasteiger partial charge >= 0.3 is 0 Å². The van der Waals surface area contributed by atoms with Gasteiger partial charge in [0.15, 0.2) is 0 Å². The van der Waals surface area contributed by atoms with E-state index in [0.717, 1.165) is 6.42 Å². The lowest BCUT2D eigenvalue weighted by Gasteiger charge is -2.35. The van der Waals surface area contributed by atoms with E-state index in [1.165, 1.54) is 0 Å². The molecule has 0 spiro atoms. The summed E-state index contributed by atoms with van der Waals surface area (Å²) >= 11 is 0. The fraction of sp³-hybridized carbons (Fsp3) is 1.00. The first-order chi connectivity index (χ1) is 4.38. The minimum absolute atomic E-state index is 0.340. The Morgan fingerprint density at radius 1 is 1.30 bits per heavy atom. The molecule has 0 aliphatic heterocycles. The van der Waals surface area contributed by atoms with Crippen molar-refractivity contribution in [2.75, 3.05) is 0 Å². The molecule has 2 nitrogen and oxygen atoms in total. The molecule has 0 aromatic carbocycles.